The molecule has 0 N–H and O–H groups in total. The Hall–Kier alpha value is -7.98. The lowest BCUT2D eigenvalue weighted by Gasteiger charge is -2.35. The molecule has 0 unspecified atom stereocenters. The quantitative estimate of drug-likeness (QED) is 0.0840. The predicted molar refractivity (Wildman–Crippen MR) is 283 cm³/mol. The maximum Gasteiger partial charge on any atom is 0.179 e. The van der Waals surface area contributed by atoms with Gasteiger partial charge in [-0.3, -0.25) is 0 Å². The van der Waals surface area contributed by atoms with Crippen molar-refractivity contribution in [3.8, 4) is 16.8 Å². The Bertz CT molecular complexity index is 3680. The average molecular weight is 859 g/mol. The fourth-order valence-electron chi connectivity index (χ4n) is 11.7. The van der Waals surface area contributed by atoms with Gasteiger partial charge in [-0.2, -0.15) is 0 Å². The third-order valence-electron chi connectivity index (χ3n) is 14.7. The van der Waals surface area contributed by atoms with E-state index in [0.717, 1.165) is 17.1 Å². The molecular formula is C63H46N2Si. The molecule has 0 amide bonds. The molecule has 312 valence electrons. The van der Waals surface area contributed by atoms with Crippen molar-refractivity contribution in [1.29, 1.82) is 0 Å². The first-order chi connectivity index (χ1) is 32.5. The second-order valence-electron chi connectivity index (χ2n) is 18.4. The van der Waals surface area contributed by atoms with Gasteiger partial charge in [0.2, 0.25) is 0 Å². The minimum absolute atomic E-state index is 0.276. The van der Waals surface area contributed by atoms with Crippen LogP contribution in [0.5, 0.6) is 0 Å². The normalized spacial score (nSPS) is 13.1. The fourth-order valence-corrected chi connectivity index (χ4v) is 16.5. The van der Waals surface area contributed by atoms with Gasteiger partial charge in [-0.1, -0.05) is 208 Å². The number of anilines is 3. The van der Waals surface area contributed by atoms with Gasteiger partial charge in [0.1, 0.15) is 0 Å². The highest BCUT2D eigenvalue weighted by Crippen LogP contribution is 2.52. The van der Waals surface area contributed by atoms with Gasteiger partial charge >= 0.3 is 0 Å². The summed E-state index contributed by atoms with van der Waals surface area (Å²) in [6.45, 7) is 4.87. The summed E-state index contributed by atoms with van der Waals surface area (Å²) >= 11 is 0. The van der Waals surface area contributed by atoms with Crippen molar-refractivity contribution in [2.45, 2.75) is 19.3 Å². The smallest absolute Gasteiger partial charge is 0.179 e. The third-order valence-corrected chi connectivity index (χ3v) is 19.4. The van der Waals surface area contributed by atoms with E-state index in [-0.39, 0.29) is 5.41 Å². The first-order valence-electron chi connectivity index (χ1n) is 23.1. The van der Waals surface area contributed by atoms with Crippen LogP contribution in [0.1, 0.15) is 25.0 Å². The molecule has 0 spiro atoms. The van der Waals surface area contributed by atoms with Crippen LogP contribution < -0.4 is 25.6 Å². The summed E-state index contributed by atoms with van der Waals surface area (Å²) < 4.78 is 2.44. The van der Waals surface area contributed by atoms with Crippen LogP contribution >= 0.6 is 0 Å². The summed E-state index contributed by atoms with van der Waals surface area (Å²) in [4.78, 5) is 2.53. The van der Waals surface area contributed by atoms with Gasteiger partial charge in [0.05, 0.1) is 22.4 Å². The first kappa shape index (κ1) is 38.5. The lowest BCUT2D eigenvalue weighted by molar-refractivity contribution is 0.661. The van der Waals surface area contributed by atoms with Crippen LogP contribution in [0.15, 0.2) is 243 Å². The van der Waals surface area contributed by atoms with Crippen LogP contribution in [0, 0.1) is 0 Å². The molecule has 0 bridgehead atoms. The molecule has 2 nitrogen and oxygen atoms in total. The molecule has 66 heavy (non-hydrogen) atoms. The Kier molecular flexibility index (Phi) is 8.62. The second kappa shape index (κ2) is 14.8. The Balaban J connectivity index is 1.03. The molecule has 0 aliphatic heterocycles. The number of hydrogen-bond donors (Lipinski definition) is 0. The van der Waals surface area contributed by atoms with E-state index in [0.29, 0.717) is 0 Å². The molecule has 0 saturated carbocycles. The highest BCUT2D eigenvalue weighted by Gasteiger charge is 2.44. The molecule has 1 heterocycles. The molecule has 0 saturated heterocycles. The van der Waals surface area contributed by atoms with E-state index in [9.17, 15) is 0 Å². The van der Waals surface area contributed by atoms with Crippen molar-refractivity contribution in [3.63, 3.8) is 0 Å². The van der Waals surface area contributed by atoms with Crippen LogP contribution in [-0.2, 0) is 5.41 Å². The Morgan fingerprint density at radius 3 is 1.62 bits per heavy atom. The molecule has 0 fully saturated rings. The minimum Gasteiger partial charge on any atom is -0.309 e. The van der Waals surface area contributed by atoms with Crippen molar-refractivity contribution in [2.24, 2.45) is 0 Å². The van der Waals surface area contributed by atoms with Gasteiger partial charge in [0.25, 0.3) is 0 Å². The number of hydrogen-bond acceptors (Lipinski definition) is 1. The van der Waals surface area contributed by atoms with E-state index in [1.165, 1.54) is 92.0 Å². The number of benzene rings is 11. The molecule has 0 atom stereocenters. The summed E-state index contributed by atoms with van der Waals surface area (Å²) in [7, 11) is -2.74. The van der Waals surface area contributed by atoms with E-state index in [1.807, 2.05) is 0 Å². The lowest BCUT2D eigenvalue weighted by Crippen LogP contribution is -2.74. The van der Waals surface area contributed by atoms with Crippen molar-refractivity contribution in [2.75, 3.05) is 4.90 Å². The summed E-state index contributed by atoms with van der Waals surface area (Å²) in [6, 6.07) is 90.9. The highest BCUT2D eigenvalue weighted by atomic mass is 28.3. The molecule has 1 aliphatic rings. The summed E-state index contributed by atoms with van der Waals surface area (Å²) in [5.41, 5.74) is 12.2. The topological polar surface area (TPSA) is 8.17 Å². The van der Waals surface area contributed by atoms with Gasteiger partial charge in [0, 0.05) is 38.3 Å². The van der Waals surface area contributed by atoms with Gasteiger partial charge in [-0.05, 0) is 102 Å². The monoisotopic (exact) mass is 858 g/mol. The zero-order valence-corrected chi connectivity index (χ0v) is 38.0. The van der Waals surface area contributed by atoms with E-state index in [4.69, 9.17) is 0 Å². The van der Waals surface area contributed by atoms with Crippen molar-refractivity contribution < 1.29 is 0 Å². The van der Waals surface area contributed by atoms with Crippen LogP contribution in [0.4, 0.5) is 17.1 Å². The number of nitrogens with zero attached hydrogens (tertiary/aromatic N) is 2. The number of aromatic nitrogens is 1. The van der Waals surface area contributed by atoms with Crippen LogP contribution in [0.25, 0.3) is 60.2 Å². The molecule has 1 aromatic heterocycles. The Labute approximate surface area is 386 Å². The highest BCUT2D eigenvalue weighted by molar-refractivity contribution is 7.19. The summed E-state index contributed by atoms with van der Waals surface area (Å²) in [5.74, 6) is 0. The molecule has 0 radical (unpaired) electrons. The maximum absolute atomic E-state index is 2.74. The molecule has 11 aromatic carbocycles. The standard InChI is InChI=1S/C63H46N2Si/c1-63(2)55-41-46(34-37-52(55)53-38-35-50(42-56(53)63)66(47-24-9-4-10-25-47,48-26-11-5-12-27-48)49-28-13-6-14-29-49)65(57-31-17-20-43-19-15-16-30-51(43)57)58-39-40-60-62-54(58)36-33-44-21-18-32-59(61(44)62)64(60)45-22-7-3-8-23-45/h3-42H,1-2H3. The molecule has 3 heteroatoms. The lowest BCUT2D eigenvalue weighted by atomic mass is 9.82. The van der Waals surface area contributed by atoms with E-state index in [2.05, 4.69) is 266 Å². The Morgan fingerprint density at radius 1 is 0.379 bits per heavy atom. The second-order valence-corrected chi connectivity index (χ2v) is 22.2. The zero-order valence-electron chi connectivity index (χ0n) is 37.0. The first-order valence-corrected chi connectivity index (χ1v) is 25.1. The SMILES string of the molecule is CC1(C)c2cc(N(c3cccc4ccccc34)c3ccc4c5c3ccc3cccc(c35)n4-c3ccccc3)ccc2-c2ccc([Si](c3ccccc3)(c3ccccc3)c3ccccc3)cc21. The fraction of sp³-hybridized carbons (Fsp3) is 0.0476. The zero-order chi connectivity index (χ0) is 44.0. The van der Waals surface area contributed by atoms with Crippen LogP contribution in [0.3, 0.4) is 0 Å². The van der Waals surface area contributed by atoms with Gasteiger partial charge in [-0.25, -0.2) is 0 Å². The minimum atomic E-state index is -2.74. The number of rotatable bonds is 8. The molecule has 13 rings (SSSR count). The summed E-state index contributed by atoms with van der Waals surface area (Å²) in [5, 5.41) is 13.1. The van der Waals surface area contributed by atoms with Crippen LogP contribution in [0.2, 0.25) is 0 Å². The van der Waals surface area contributed by atoms with Gasteiger partial charge in [-0.15, -0.1) is 0 Å². The van der Waals surface area contributed by atoms with E-state index >= 15 is 0 Å². The van der Waals surface area contributed by atoms with E-state index in [1.54, 1.807) is 0 Å². The third kappa shape index (κ3) is 5.54. The van der Waals surface area contributed by atoms with Gasteiger partial charge in [0.15, 0.2) is 8.07 Å². The molecule has 1 aliphatic carbocycles. The predicted octanol–water partition coefficient (Wildman–Crippen LogP) is 13.7. The number of fused-ring (bicyclic) bond motifs is 4. The maximum atomic E-state index is 2.58. The van der Waals surface area contributed by atoms with Crippen molar-refractivity contribution in [1.82, 2.24) is 4.57 Å². The van der Waals surface area contributed by atoms with Gasteiger partial charge < -0.3 is 9.47 Å². The van der Waals surface area contributed by atoms with E-state index < -0.39 is 8.07 Å². The average Bonchev–Trinajstić information content (AvgIpc) is 3.84. The van der Waals surface area contributed by atoms with Crippen molar-refractivity contribution >= 4 is 89.2 Å². The van der Waals surface area contributed by atoms with Crippen LogP contribution in [-0.4, -0.2) is 12.6 Å². The largest absolute Gasteiger partial charge is 0.309 e. The number of para-hydroxylation sites is 1. The van der Waals surface area contributed by atoms with Crippen molar-refractivity contribution in [3.05, 3.63) is 254 Å². The molecule has 12 aromatic rings. The molecular weight excluding hydrogens is 813 g/mol. The summed E-state index contributed by atoms with van der Waals surface area (Å²) in [6.07, 6.45) is 0. The Morgan fingerprint density at radius 2 is 0.924 bits per heavy atom.